The van der Waals surface area contributed by atoms with Crippen LogP contribution < -0.4 is 5.32 Å². The Kier molecular flexibility index (Phi) is 8.63. The van der Waals surface area contributed by atoms with Gasteiger partial charge in [0.05, 0.1) is 17.9 Å². The molecule has 33 heavy (non-hydrogen) atoms. The van der Waals surface area contributed by atoms with Gasteiger partial charge < -0.3 is 14.8 Å². The van der Waals surface area contributed by atoms with Gasteiger partial charge in [0.2, 0.25) is 5.91 Å². The van der Waals surface area contributed by atoms with Gasteiger partial charge in [0.1, 0.15) is 5.82 Å². The van der Waals surface area contributed by atoms with Gasteiger partial charge in [0, 0.05) is 35.7 Å². The average Bonchev–Trinajstić information content (AvgIpc) is 3.43. The molecule has 7 nitrogen and oxygen atoms in total. The van der Waals surface area contributed by atoms with E-state index in [1.54, 1.807) is 11.3 Å². The third-order valence-corrected chi connectivity index (χ3v) is 7.52. The number of benzene rings is 1. The van der Waals surface area contributed by atoms with E-state index < -0.39 is 0 Å². The van der Waals surface area contributed by atoms with Crippen molar-refractivity contribution < 1.29 is 4.79 Å². The number of carbonyl (C=O) groups excluding carboxylic acids is 1. The molecule has 1 amide bonds. The predicted molar refractivity (Wildman–Crippen MR) is 136 cm³/mol. The summed E-state index contributed by atoms with van der Waals surface area (Å²) in [5, 5.41) is 16.5. The minimum Gasteiger partial charge on any atom is -0.342 e. The zero-order chi connectivity index (χ0) is 23.0. The Bertz CT molecular complexity index is 1060. The molecule has 0 saturated carbocycles. The number of piperidine rings is 1. The van der Waals surface area contributed by atoms with E-state index in [1.165, 1.54) is 18.2 Å². The maximum atomic E-state index is 12.6. The Morgan fingerprint density at radius 2 is 2.09 bits per heavy atom. The molecule has 0 unspecified atom stereocenters. The minimum atomic E-state index is 0.197. The maximum absolute atomic E-state index is 12.6. The monoisotopic (exact) mass is 504 g/mol. The number of rotatable bonds is 10. The van der Waals surface area contributed by atoms with Crippen molar-refractivity contribution in [2.24, 2.45) is 0 Å². The van der Waals surface area contributed by atoms with Crippen LogP contribution in [0, 0.1) is 0 Å². The summed E-state index contributed by atoms with van der Waals surface area (Å²) in [5.74, 6) is 1.49. The van der Waals surface area contributed by atoms with Crippen LogP contribution in [0.5, 0.6) is 0 Å². The van der Waals surface area contributed by atoms with Crippen LogP contribution in [-0.2, 0) is 17.8 Å². The van der Waals surface area contributed by atoms with E-state index >= 15 is 0 Å². The van der Waals surface area contributed by atoms with Gasteiger partial charge >= 0.3 is 0 Å². The first kappa shape index (κ1) is 24.0. The van der Waals surface area contributed by atoms with Crippen LogP contribution in [0.4, 0.5) is 10.8 Å². The molecule has 3 aromatic rings. The van der Waals surface area contributed by atoms with Gasteiger partial charge in [-0.25, -0.2) is 4.98 Å². The lowest BCUT2D eigenvalue weighted by atomic mass is 10.1. The molecule has 1 aromatic carbocycles. The summed E-state index contributed by atoms with van der Waals surface area (Å²) in [6.07, 6.45) is 6.16. The van der Waals surface area contributed by atoms with Crippen molar-refractivity contribution in [1.29, 1.82) is 0 Å². The molecule has 4 rings (SSSR count). The first-order valence-electron chi connectivity index (χ1n) is 11.4. The van der Waals surface area contributed by atoms with Gasteiger partial charge in [-0.1, -0.05) is 42.8 Å². The smallest absolute Gasteiger partial charge is 0.233 e. The maximum Gasteiger partial charge on any atom is 0.233 e. The van der Waals surface area contributed by atoms with Crippen LogP contribution in [0.1, 0.15) is 50.5 Å². The van der Waals surface area contributed by atoms with E-state index in [0.29, 0.717) is 17.2 Å². The SMILES string of the molecule is CCCCn1c(Cc2csc(Nc3cccc(Cl)c3)n2)nnc1SCC(=O)N1CCCCC1. The Morgan fingerprint density at radius 3 is 2.88 bits per heavy atom. The van der Waals surface area contributed by atoms with Crippen molar-refractivity contribution in [2.75, 3.05) is 24.2 Å². The second-order valence-corrected chi connectivity index (χ2v) is 10.3. The quantitative estimate of drug-likeness (QED) is 0.361. The minimum absolute atomic E-state index is 0.197. The zero-order valence-corrected chi connectivity index (χ0v) is 21.2. The van der Waals surface area contributed by atoms with Crippen LogP contribution in [0.3, 0.4) is 0 Å². The number of anilines is 2. The number of thioether (sulfide) groups is 1. The van der Waals surface area contributed by atoms with Gasteiger partial charge in [0.15, 0.2) is 10.3 Å². The average molecular weight is 505 g/mol. The molecule has 2 aromatic heterocycles. The van der Waals surface area contributed by atoms with Crippen molar-refractivity contribution in [3.63, 3.8) is 0 Å². The molecule has 10 heteroatoms. The molecule has 1 aliphatic heterocycles. The van der Waals surface area contributed by atoms with Crippen LogP contribution in [0.25, 0.3) is 0 Å². The number of likely N-dealkylation sites (tertiary alicyclic amines) is 1. The highest BCUT2D eigenvalue weighted by molar-refractivity contribution is 7.99. The summed E-state index contributed by atoms with van der Waals surface area (Å²) in [6.45, 7) is 4.77. The van der Waals surface area contributed by atoms with Gasteiger partial charge in [0.25, 0.3) is 0 Å². The highest BCUT2D eigenvalue weighted by Gasteiger charge is 2.19. The fourth-order valence-electron chi connectivity index (χ4n) is 3.76. The van der Waals surface area contributed by atoms with Gasteiger partial charge in [-0.2, -0.15) is 0 Å². The normalized spacial score (nSPS) is 13.9. The topological polar surface area (TPSA) is 75.9 Å². The van der Waals surface area contributed by atoms with Gasteiger partial charge in [-0.05, 0) is 43.9 Å². The van der Waals surface area contributed by atoms with Crippen LogP contribution in [-0.4, -0.2) is 49.4 Å². The summed E-state index contributed by atoms with van der Waals surface area (Å²) in [6, 6.07) is 7.59. The van der Waals surface area contributed by atoms with E-state index in [2.05, 4.69) is 27.0 Å². The molecule has 1 fully saturated rings. The Morgan fingerprint density at radius 1 is 1.24 bits per heavy atom. The van der Waals surface area contributed by atoms with Gasteiger partial charge in [-0.15, -0.1) is 21.5 Å². The summed E-state index contributed by atoms with van der Waals surface area (Å²) in [4.78, 5) is 19.3. The first-order valence-corrected chi connectivity index (χ1v) is 13.7. The summed E-state index contributed by atoms with van der Waals surface area (Å²) < 4.78 is 2.15. The number of thiazole rings is 1. The lowest BCUT2D eigenvalue weighted by Gasteiger charge is -2.26. The summed E-state index contributed by atoms with van der Waals surface area (Å²) in [5.41, 5.74) is 1.85. The molecule has 1 aliphatic rings. The molecule has 1 saturated heterocycles. The predicted octanol–water partition coefficient (Wildman–Crippen LogP) is 5.63. The molecule has 1 N–H and O–H groups in total. The number of unbranched alkanes of at least 4 members (excludes halogenated alkanes) is 1. The molecule has 0 bridgehead atoms. The second-order valence-electron chi connectivity index (χ2n) is 8.09. The summed E-state index contributed by atoms with van der Waals surface area (Å²) in [7, 11) is 0. The molecule has 0 spiro atoms. The highest BCUT2D eigenvalue weighted by Crippen LogP contribution is 2.25. The fourth-order valence-corrected chi connectivity index (χ4v) is 5.56. The van der Waals surface area contributed by atoms with Crippen molar-refractivity contribution >= 4 is 51.4 Å². The van der Waals surface area contributed by atoms with Crippen molar-refractivity contribution in [3.8, 4) is 0 Å². The van der Waals surface area contributed by atoms with Crippen LogP contribution in [0.2, 0.25) is 5.02 Å². The number of halogens is 1. The van der Waals surface area contributed by atoms with Crippen molar-refractivity contribution in [2.45, 2.75) is 57.1 Å². The number of carbonyl (C=O) groups is 1. The van der Waals surface area contributed by atoms with E-state index in [-0.39, 0.29) is 5.91 Å². The molecule has 0 radical (unpaired) electrons. The number of nitrogens with zero attached hydrogens (tertiary/aromatic N) is 5. The third kappa shape index (κ3) is 6.71. The third-order valence-electron chi connectivity index (χ3n) is 5.53. The Labute approximate surface area is 208 Å². The lowest BCUT2D eigenvalue weighted by molar-refractivity contribution is -0.129. The van der Waals surface area contributed by atoms with E-state index in [0.717, 1.165) is 72.8 Å². The first-order chi connectivity index (χ1) is 16.1. The van der Waals surface area contributed by atoms with Crippen LogP contribution in [0.15, 0.2) is 34.8 Å². The molecule has 0 atom stereocenters. The van der Waals surface area contributed by atoms with Crippen LogP contribution >= 0.6 is 34.7 Å². The van der Waals surface area contributed by atoms with Gasteiger partial charge in [-0.3, -0.25) is 4.79 Å². The molecular weight excluding hydrogens is 476 g/mol. The van der Waals surface area contributed by atoms with E-state index in [4.69, 9.17) is 16.6 Å². The molecule has 176 valence electrons. The number of nitrogens with one attached hydrogen (secondary N) is 1. The highest BCUT2D eigenvalue weighted by atomic mass is 35.5. The molecule has 3 heterocycles. The van der Waals surface area contributed by atoms with Crippen molar-refractivity contribution in [3.05, 3.63) is 46.2 Å². The number of aromatic nitrogens is 4. The number of amides is 1. The lowest BCUT2D eigenvalue weighted by Crippen LogP contribution is -2.36. The standard InChI is InChI=1S/C23H29ClN6OS2/c1-2-3-12-30-20(27-28-23(30)33-16-21(31)29-10-5-4-6-11-29)14-19-15-32-22(26-19)25-18-9-7-8-17(24)13-18/h7-9,13,15H,2-6,10-12,14,16H2,1H3,(H,25,26). The Balaban J connectivity index is 1.41. The number of hydrogen-bond acceptors (Lipinski definition) is 7. The van der Waals surface area contributed by atoms with E-state index in [9.17, 15) is 4.79 Å². The number of hydrogen-bond donors (Lipinski definition) is 1. The fraction of sp³-hybridized carbons (Fsp3) is 0.478. The molecule has 0 aliphatic carbocycles. The Hall–Kier alpha value is -2.10. The van der Waals surface area contributed by atoms with E-state index in [1.807, 2.05) is 34.5 Å². The zero-order valence-electron chi connectivity index (χ0n) is 18.8. The summed E-state index contributed by atoms with van der Waals surface area (Å²) >= 11 is 9.12. The van der Waals surface area contributed by atoms with Crippen molar-refractivity contribution in [1.82, 2.24) is 24.6 Å². The largest absolute Gasteiger partial charge is 0.342 e. The molecular formula is C23H29ClN6OS2. The second kappa shape index (κ2) is 11.9.